The van der Waals surface area contributed by atoms with Crippen molar-refractivity contribution in [2.24, 2.45) is 0 Å². The summed E-state index contributed by atoms with van der Waals surface area (Å²) in [5, 5.41) is 8.93. The highest BCUT2D eigenvalue weighted by Crippen LogP contribution is 2.24. The van der Waals surface area contributed by atoms with Gasteiger partial charge in [0.25, 0.3) is 5.91 Å². The third kappa shape index (κ3) is 4.20. The average molecular weight is 401 g/mol. The minimum atomic E-state index is 0.109. The summed E-state index contributed by atoms with van der Waals surface area (Å²) < 4.78 is 0. The normalized spacial score (nSPS) is 14.1. The van der Waals surface area contributed by atoms with Crippen LogP contribution in [-0.2, 0) is 0 Å². The number of aromatic nitrogens is 2. The van der Waals surface area contributed by atoms with Gasteiger partial charge in [-0.1, -0.05) is 41.0 Å². The quantitative estimate of drug-likeness (QED) is 0.656. The predicted octanol–water partition coefficient (Wildman–Crippen LogP) is 4.34. The summed E-state index contributed by atoms with van der Waals surface area (Å²) in [6.45, 7) is 11.1. The second-order valence-corrected chi connectivity index (χ2v) is 8.25. The maximum Gasteiger partial charge on any atom is 0.253 e. The van der Waals surface area contributed by atoms with E-state index in [1.165, 1.54) is 11.1 Å². The first-order chi connectivity index (χ1) is 14.4. The van der Waals surface area contributed by atoms with E-state index in [1.807, 2.05) is 43.0 Å². The number of carbonyl (C=O) groups excluding carboxylic acids is 1. The fraction of sp³-hybridized carbons (Fsp3) is 0.320. The van der Waals surface area contributed by atoms with Gasteiger partial charge in [0, 0.05) is 37.3 Å². The summed E-state index contributed by atoms with van der Waals surface area (Å²) in [5.41, 5.74) is 7.47. The summed E-state index contributed by atoms with van der Waals surface area (Å²) in [6, 6.07) is 16.5. The maximum absolute atomic E-state index is 12.9. The van der Waals surface area contributed by atoms with Crippen LogP contribution in [0.5, 0.6) is 0 Å². The fourth-order valence-electron chi connectivity index (χ4n) is 4.16. The number of amides is 1. The molecule has 1 aliphatic rings. The monoisotopic (exact) mass is 400 g/mol. The molecule has 2 aromatic carbocycles. The van der Waals surface area contributed by atoms with E-state index in [0.29, 0.717) is 13.1 Å². The molecule has 0 N–H and O–H groups in total. The zero-order valence-electron chi connectivity index (χ0n) is 18.1. The Kier molecular flexibility index (Phi) is 5.53. The third-order valence-electron chi connectivity index (χ3n) is 5.67. The molecule has 1 saturated heterocycles. The summed E-state index contributed by atoms with van der Waals surface area (Å²) in [4.78, 5) is 17.0. The van der Waals surface area contributed by atoms with Crippen LogP contribution in [-0.4, -0.2) is 47.2 Å². The first-order valence-electron chi connectivity index (χ1n) is 10.4. The molecule has 1 amide bonds. The van der Waals surface area contributed by atoms with Gasteiger partial charge in [-0.05, 0) is 57.5 Å². The van der Waals surface area contributed by atoms with E-state index in [2.05, 4.69) is 53.2 Å². The lowest BCUT2D eigenvalue weighted by atomic mass is 10.0. The molecule has 1 aliphatic heterocycles. The largest absolute Gasteiger partial charge is 0.352 e. The summed E-state index contributed by atoms with van der Waals surface area (Å²) in [7, 11) is 0. The van der Waals surface area contributed by atoms with Gasteiger partial charge in [-0.25, -0.2) is 0 Å². The van der Waals surface area contributed by atoms with Gasteiger partial charge < -0.3 is 9.80 Å². The smallest absolute Gasteiger partial charge is 0.253 e. The molecule has 1 aromatic heterocycles. The van der Waals surface area contributed by atoms with E-state index in [1.54, 1.807) is 0 Å². The Hall–Kier alpha value is -3.21. The Balaban J connectivity index is 1.42. The van der Waals surface area contributed by atoms with Crippen molar-refractivity contribution >= 4 is 11.7 Å². The van der Waals surface area contributed by atoms with E-state index in [-0.39, 0.29) is 5.91 Å². The van der Waals surface area contributed by atoms with Crippen LogP contribution < -0.4 is 4.90 Å². The van der Waals surface area contributed by atoms with Crippen LogP contribution >= 0.6 is 0 Å². The van der Waals surface area contributed by atoms with E-state index in [9.17, 15) is 4.79 Å². The zero-order chi connectivity index (χ0) is 21.3. The lowest BCUT2D eigenvalue weighted by molar-refractivity contribution is 0.0746. The van der Waals surface area contributed by atoms with Crippen molar-refractivity contribution < 1.29 is 4.79 Å². The molecule has 0 radical (unpaired) electrons. The van der Waals surface area contributed by atoms with Gasteiger partial charge in [-0.15, -0.1) is 10.2 Å². The van der Waals surface area contributed by atoms with E-state index >= 15 is 0 Å². The lowest BCUT2D eigenvalue weighted by Crippen LogP contribution is -2.49. The number of piperazine rings is 1. The molecule has 0 aliphatic carbocycles. The molecule has 0 saturated carbocycles. The number of hydrogen-bond donors (Lipinski definition) is 0. The molecular weight excluding hydrogens is 372 g/mol. The Morgan fingerprint density at radius 2 is 1.47 bits per heavy atom. The average Bonchev–Trinajstić information content (AvgIpc) is 2.73. The van der Waals surface area contributed by atoms with E-state index in [4.69, 9.17) is 0 Å². The number of anilines is 1. The molecular formula is C25H28N4O. The van der Waals surface area contributed by atoms with Crippen molar-refractivity contribution in [3.63, 3.8) is 0 Å². The van der Waals surface area contributed by atoms with Crippen LogP contribution in [0.2, 0.25) is 0 Å². The summed E-state index contributed by atoms with van der Waals surface area (Å²) in [5.74, 6) is 0.972. The van der Waals surface area contributed by atoms with Gasteiger partial charge in [-0.3, -0.25) is 4.79 Å². The molecule has 4 rings (SSSR count). The van der Waals surface area contributed by atoms with Gasteiger partial charge in [0.15, 0.2) is 5.82 Å². The SMILES string of the molecule is Cc1cc(C)cc(C(=O)N2CCN(c3ccc(-c4ccc(C)cc4C)nn3)CC2)c1. The Bertz CT molecular complexity index is 1050. The lowest BCUT2D eigenvalue weighted by Gasteiger charge is -2.35. The number of carbonyl (C=O) groups is 1. The standard InChI is InChI=1S/C25H28N4O/c1-17-5-6-22(20(4)14-17)23-7-8-24(27-26-23)28-9-11-29(12-10-28)25(30)21-15-18(2)13-19(3)16-21/h5-8,13-16H,9-12H2,1-4H3. The van der Waals surface area contributed by atoms with Crippen LogP contribution in [0.4, 0.5) is 5.82 Å². The maximum atomic E-state index is 12.9. The van der Waals surface area contributed by atoms with Gasteiger partial charge >= 0.3 is 0 Å². The molecule has 1 fully saturated rings. The van der Waals surface area contributed by atoms with Crippen molar-refractivity contribution in [2.45, 2.75) is 27.7 Å². The van der Waals surface area contributed by atoms with Gasteiger partial charge in [0.1, 0.15) is 0 Å². The van der Waals surface area contributed by atoms with E-state index in [0.717, 1.165) is 46.9 Å². The number of aryl methyl sites for hydroxylation is 4. The van der Waals surface area contributed by atoms with Crippen molar-refractivity contribution in [3.05, 3.63) is 76.3 Å². The van der Waals surface area contributed by atoms with Crippen LogP contribution in [0.1, 0.15) is 32.6 Å². The topological polar surface area (TPSA) is 49.3 Å². The summed E-state index contributed by atoms with van der Waals surface area (Å²) >= 11 is 0. The molecule has 30 heavy (non-hydrogen) atoms. The number of rotatable bonds is 3. The van der Waals surface area contributed by atoms with E-state index < -0.39 is 0 Å². The molecule has 3 aromatic rings. The molecule has 0 spiro atoms. The Morgan fingerprint density at radius 3 is 2.07 bits per heavy atom. The molecule has 5 heteroatoms. The highest BCUT2D eigenvalue weighted by atomic mass is 16.2. The Morgan fingerprint density at radius 1 is 0.767 bits per heavy atom. The zero-order valence-corrected chi connectivity index (χ0v) is 18.1. The fourth-order valence-corrected chi connectivity index (χ4v) is 4.16. The minimum absolute atomic E-state index is 0.109. The van der Waals surface area contributed by atoms with Crippen molar-refractivity contribution in [3.8, 4) is 11.3 Å². The first kappa shape index (κ1) is 20.1. The number of nitrogens with zero attached hydrogens (tertiary/aromatic N) is 4. The summed E-state index contributed by atoms with van der Waals surface area (Å²) in [6.07, 6.45) is 0. The van der Waals surface area contributed by atoms with Crippen LogP contribution in [0.15, 0.2) is 48.5 Å². The molecule has 5 nitrogen and oxygen atoms in total. The van der Waals surface area contributed by atoms with Crippen LogP contribution in [0.3, 0.4) is 0 Å². The second kappa shape index (κ2) is 8.27. The predicted molar refractivity (Wildman–Crippen MR) is 121 cm³/mol. The second-order valence-electron chi connectivity index (χ2n) is 8.25. The van der Waals surface area contributed by atoms with Gasteiger partial charge in [0.05, 0.1) is 5.69 Å². The third-order valence-corrected chi connectivity index (χ3v) is 5.67. The number of benzene rings is 2. The van der Waals surface area contributed by atoms with Crippen molar-refractivity contribution in [1.82, 2.24) is 15.1 Å². The number of hydrogen-bond acceptors (Lipinski definition) is 4. The van der Waals surface area contributed by atoms with Crippen molar-refractivity contribution in [2.75, 3.05) is 31.1 Å². The van der Waals surface area contributed by atoms with Crippen LogP contribution in [0, 0.1) is 27.7 Å². The van der Waals surface area contributed by atoms with Gasteiger partial charge in [0.2, 0.25) is 0 Å². The highest BCUT2D eigenvalue weighted by Gasteiger charge is 2.23. The molecule has 154 valence electrons. The Labute approximate surface area is 178 Å². The van der Waals surface area contributed by atoms with Crippen molar-refractivity contribution in [1.29, 1.82) is 0 Å². The molecule has 2 heterocycles. The van der Waals surface area contributed by atoms with Crippen LogP contribution in [0.25, 0.3) is 11.3 Å². The first-order valence-corrected chi connectivity index (χ1v) is 10.4. The molecule has 0 unspecified atom stereocenters. The molecule has 0 atom stereocenters. The highest BCUT2D eigenvalue weighted by molar-refractivity contribution is 5.94. The minimum Gasteiger partial charge on any atom is -0.352 e. The van der Waals surface area contributed by atoms with Gasteiger partial charge in [-0.2, -0.15) is 0 Å². The molecule has 0 bridgehead atoms.